The molecule has 0 unspecified atom stereocenters. The first-order chi connectivity index (χ1) is 16.6. The zero-order chi connectivity index (χ0) is 25.5. The lowest BCUT2D eigenvalue weighted by atomic mass is 10.1. The number of amides is 3. The average molecular weight is 477 g/mol. The standard InChI is InChI=1S/C28H33FN4O2/c1-19(2)30-28(35)31-25-12-13-26(32(4)5)23(16-25)18-33(17-21-9-7-11-24(29)15-21)27(34)22-10-6-8-20(3)14-22/h6-16,19H,17-18H2,1-5H3,(H2,30,31,35). The van der Waals surface area contributed by atoms with E-state index in [0.29, 0.717) is 16.8 Å². The zero-order valence-electron chi connectivity index (χ0n) is 20.9. The summed E-state index contributed by atoms with van der Waals surface area (Å²) in [6, 6.07) is 19.0. The maximum atomic E-state index is 13.9. The third-order valence-corrected chi connectivity index (χ3v) is 5.41. The fourth-order valence-corrected chi connectivity index (χ4v) is 3.88. The molecule has 0 saturated heterocycles. The first-order valence-electron chi connectivity index (χ1n) is 11.6. The number of aryl methyl sites for hydroxylation is 1. The van der Waals surface area contributed by atoms with Crippen molar-refractivity contribution in [1.82, 2.24) is 10.2 Å². The number of nitrogens with one attached hydrogen (secondary N) is 2. The number of hydrogen-bond acceptors (Lipinski definition) is 3. The summed E-state index contributed by atoms with van der Waals surface area (Å²) in [5, 5.41) is 5.67. The van der Waals surface area contributed by atoms with E-state index in [9.17, 15) is 14.0 Å². The highest BCUT2D eigenvalue weighted by Gasteiger charge is 2.20. The number of halogens is 1. The number of benzene rings is 3. The molecule has 35 heavy (non-hydrogen) atoms. The van der Waals surface area contributed by atoms with Crippen LogP contribution in [0.25, 0.3) is 0 Å². The van der Waals surface area contributed by atoms with Crippen molar-refractivity contribution in [3.8, 4) is 0 Å². The molecule has 3 aromatic rings. The van der Waals surface area contributed by atoms with Gasteiger partial charge in [0.05, 0.1) is 0 Å². The van der Waals surface area contributed by atoms with Crippen LogP contribution in [-0.2, 0) is 13.1 Å². The van der Waals surface area contributed by atoms with Crippen molar-refractivity contribution < 1.29 is 14.0 Å². The van der Waals surface area contributed by atoms with E-state index in [1.165, 1.54) is 12.1 Å². The van der Waals surface area contributed by atoms with Gasteiger partial charge in [-0.25, -0.2) is 9.18 Å². The van der Waals surface area contributed by atoms with Crippen LogP contribution < -0.4 is 15.5 Å². The van der Waals surface area contributed by atoms with Crippen LogP contribution in [0.1, 0.15) is 40.9 Å². The molecule has 0 heterocycles. The van der Waals surface area contributed by atoms with Crippen LogP contribution in [0.3, 0.4) is 0 Å². The number of anilines is 2. The van der Waals surface area contributed by atoms with Gasteiger partial charge in [0.15, 0.2) is 0 Å². The van der Waals surface area contributed by atoms with Gasteiger partial charge in [0.25, 0.3) is 5.91 Å². The predicted octanol–water partition coefficient (Wildman–Crippen LogP) is 5.57. The monoisotopic (exact) mass is 476 g/mol. The van der Waals surface area contributed by atoms with Crippen LogP contribution in [0.2, 0.25) is 0 Å². The minimum atomic E-state index is -0.346. The van der Waals surface area contributed by atoms with Crippen LogP contribution in [0, 0.1) is 12.7 Å². The number of hydrogen-bond donors (Lipinski definition) is 2. The third-order valence-electron chi connectivity index (χ3n) is 5.41. The molecule has 2 N–H and O–H groups in total. The maximum absolute atomic E-state index is 13.9. The molecule has 3 amide bonds. The quantitative estimate of drug-likeness (QED) is 0.447. The molecule has 0 saturated carbocycles. The molecule has 3 aromatic carbocycles. The maximum Gasteiger partial charge on any atom is 0.319 e. The Hall–Kier alpha value is -3.87. The van der Waals surface area contributed by atoms with Gasteiger partial charge in [-0.15, -0.1) is 0 Å². The SMILES string of the molecule is Cc1cccc(C(=O)N(Cc2cccc(F)c2)Cc2cc(NC(=O)NC(C)C)ccc2N(C)C)c1. The van der Waals surface area contributed by atoms with Gasteiger partial charge < -0.3 is 20.4 Å². The molecular formula is C28H33FN4O2. The second kappa shape index (κ2) is 11.5. The highest BCUT2D eigenvalue weighted by Crippen LogP contribution is 2.26. The Labute approximate surface area is 206 Å². The fourth-order valence-electron chi connectivity index (χ4n) is 3.88. The van der Waals surface area contributed by atoms with Gasteiger partial charge in [-0.2, -0.15) is 0 Å². The summed E-state index contributed by atoms with van der Waals surface area (Å²) in [4.78, 5) is 29.5. The van der Waals surface area contributed by atoms with Gasteiger partial charge in [0.2, 0.25) is 0 Å². The third kappa shape index (κ3) is 7.30. The smallest absolute Gasteiger partial charge is 0.319 e. The molecule has 0 aromatic heterocycles. The Morgan fingerprint density at radius 3 is 2.34 bits per heavy atom. The summed E-state index contributed by atoms with van der Waals surface area (Å²) >= 11 is 0. The molecule has 0 atom stereocenters. The largest absolute Gasteiger partial charge is 0.377 e. The van der Waals surface area contributed by atoms with Crippen molar-refractivity contribution in [2.75, 3.05) is 24.3 Å². The molecule has 0 aliphatic carbocycles. The van der Waals surface area contributed by atoms with Gasteiger partial charge in [0, 0.05) is 50.2 Å². The Morgan fingerprint density at radius 1 is 0.943 bits per heavy atom. The van der Waals surface area contributed by atoms with Gasteiger partial charge in [-0.05, 0) is 74.4 Å². The number of rotatable bonds is 8. The molecular weight excluding hydrogens is 443 g/mol. The highest BCUT2D eigenvalue weighted by molar-refractivity contribution is 5.94. The van der Waals surface area contributed by atoms with E-state index in [1.54, 1.807) is 23.1 Å². The second-order valence-electron chi connectivity index (χ2n) is 9.15. The number of urea groups is 1. The minimum Gasteiger partial charge on any atom is -0.377 e. The van der Waals surface area contributed by atoms with E-state index in [1.807, 2.05) is 76.2 Å². The van der Waals surface area contributed by atoms with Crippen LogP contribution in [-0.4, -0.2) is 37.0 Å². The molecule has 0 radical (unpaired) electrons. The molecule has 0 aliphatic heterocycles. The van der Waals surface area contributed by atoms with E-state index in [0.717, 1.165) is 16.8 Å². The summed E-state index contributed by atoms with van der Waals surface area (Å²) in [5.41, 5.74) is 4.65. The molecule has 184 valence electrons. The highest BCUT2D eigenvalue weighted by atomic mass is 19.1. The van der Waals surface area contributed by atoms with Crippen LogP contribution in [0.15, 0.2) is 66.7 Å². The molecule has 6 nitrogen and oxygen atoms in total. The van der Waals surface area contributed by atoms with E-state index in [2.05, 4.69) is 10.6 Å². The second-order valence-corrected chi connectivity index (χ2v) is 9.15. The van der Waals surface area contributed by atoms with Gasteiger partial charge in [-0.1, -0.05) is 29.8 Å². The van der Waals surface area contributed by atoms with Crippen LogP contribution in [0.4, 0.5) is 20.6 Å². The lowest BCUT2D eigenvalue weighted by molar-refractivity contribution is 0.0730. The van der Waals surface area contributed by atoms with E-state index >= 15 is 0 Å². The van der Waals surface area contributed by atoms with Crippen molar-refractivity contribution in [2.24, 2.45) is 0 Å². The topological polar surface area (TPSA) is 64.7 Å². The van der Waals surface area contributed by atoms with Gasteiger partial charge >= 0.3 is 6.03 Å². The van der Waals surface area contributed by atoms with Crippen LogP contribution in [0.5, 0.6) is 0 Å². The summed E-state index contributed by atoms with van der Waals surface area (Å²) in [5.74, 6) is -0.500. The molecule has 0 aliphatic rings. The first-order valence-corrected chi connectivity index (χ1v) is 11.6. The van der Waals surface area contributed by atoms with Crippen LogP contribution >= 0.6 is 0 Å². The Kier molecular flexibility index (Phi) is 8.47. The van der Waals surface area contributed by atoms with Crippen molar-refractivity contribution in [3.63, 3.8) is 0 Å². The molecule has 0 spiro atoms. The Balaban J connectivity index is 1.97. The van der Waals surface area contributed by atoms with Crippen molar-refractivity contribution in [2.45, 2.75) is 39.9 Å². The number of carbonyl (C=O) groups is 2. The summed E-state index contributed by atoms with van der Waals surface area (Å²) in [7, 11) is 3.85. The zero-order valence-corrected chi connectivity index (χ0v) is 20.9. The summed E-state index contributed by atoms with van der Waals surface area (Å²) < 4.78 is 13.9. The lowest BCUT2D eigenvalue weighted by Crippen LogP contribution is -2.34. The molecule has 7 heteroatoms. The molecule has 0 bridgehead atoms. The number of carbonyl (C=O) groups excluding carboxylic acids is 2. The number of nitrogens with zero attached hydrogens (tertiary/aromatic N) is 2. The van der Waals surface area contributed by atoms with Gasteiger partial charge in [0.1, 0.15) is 5.82 Å². The van der Waals surface area contributed by atoms with E-state index in [4.69, 9.17) is 0 Å². The summed E-state index contributed by atoms with van der Waals surface area (Å²) in [6.45, 7) is 6.24. The fraction of sp³-hybridized carbons (Fsp3) is 0.286. The van der Waals surface area contributed by atoms with E-state index < -0.39 is 0 Å². The van der Waals surface area contributed by atoms with Crippen molar-refractivity contribution >= 4 is 23.3 Å². The van der Waals surface area contributed by atoms with E-state index in [-0.39, 0.29) is 36.9 Å². The Bertz CT molecular complexity index is 1190. The summed E-state index contributed by atoms with van der Waals surface area (Å²) in [6.07, 6.45) is 0. The molecule has 3 rings (SSSR count). The van der Waals surface area contributed by atoms with Crippen molar-refractivity contribution in [1.29, 1.82) is 0 Å². The minimum absolute atomic E-state index is 0.00392. The van der Waals surface area contributed by atoms with Gasteiger partial charge in [-0.3, -0.25) is 4.79 Å². The first kappa shape index (κ1) is 25.7. The predicted molar refractivity (Wildman–Crippen MR) is 139 cm³/mol. The average Bonchev–Trinajstić information content (AvgIpc) is 2.77. The van der Waals surface area contributed by atoms with Crippen molar-refractivity contribution in [3.05, 3.63) is 94.8 Å². The molecule has 0 fully saturated rings. The Morgan fingerprint density at radius 2 is 1.69 bits per heavy atom. The normalized spacial score (nSPS) is 10.7. The lowest BCUT2D eigenvalue weighted by Gasteiger charge is -2.27.